The quantitative estimate of drug-likeness (QED) is 0.783. The summed E-state index contributed by atoms with van der Waals surface area (Å²) in [6, 6.07) is 0. The third-order valence-corrected chi connectivity index (χ3v) is 7.40. The molecule has 4 nitrogen and oxygen atoms in total. The molecule has 4 atom stereocenters. The van der Waals surface area contributed by atoms with Crippen molar-refractivity contribution in [2.45, 2.75) is 83.3 Å². The number of rotatable bonds is 3. The van der Waals surface area contributed by atoms with E-state index < -0.39 is 5.60 Å². The summed E-state index contributed by atoms with van der Waals surface area (Å²) in [6.45, 7) is 4.11. The summed E-state index contributed by atoms with van der Waals surface area (Å²) in [4.78, 5) is 11.1. The Hall–Kier alpha value is -0.610. The van der Waals surface area contributed by atoms with Gasteiger partial charge >= 0.3 is 5.97 Å². The Morgan fingerprint density at radius 2 is 1.78 bits per heavy atom. The Morgan fingerprint density at radius 3 is 2.43 bits per heavy atom. The maximum atomic E-state index is 11.4. The third kappa shape index (κ3) is 3.17. The van der Waals surface area contributed by atoms with E-state index in [0.29, 0.717) is 18.4 Å². The molecule has 132 valence electrons. The van der Waals surface area contributed by atoms with Crippen molar-refractivity contribution in [2.24, 2.45) is 23.2 Å². The van der Waals surface area contributed by atoms with Gasteiger partial charge in [-0.2, -0.15) is 0 Å². The Morgan fingerprint density at radius 1 is 1.09 bits per heavy atom. The second kappa shape index (κ2) is 6.36. The van der Waals surface area contributed by atoms with E-state index in [1.807, 2.05) is 0 Å². The minimum atomic E-state index is -0.600. The Kier molecular flexibility index (Phi) is 4.76. The van der Waals surface area contributed by atoms with Crippen molar-refractivity contribution in [1.29, 1.82) is 0 Å². The smallest absolute Gasteiger partial charge is 0.302 e. The van der Waals surface area contributed by atoms with E-state index in [-0.39, 0.29) is 23.4 Å². The highest BCUT2D eigenvalue weighted by Gasteiger charge is 2.59. The molecule has 4 heteroatoms. The lowest BCUT2D eigenvalue weighted by atomic mass is 9.57. The van der Waals surface area contributed by atoms with Gasteiger partial charge < -0.3 is 14.9 Å². The summed E-state index contributed by atoms with van der Waals surface area (Å²) in [5, 5.41) is 21.1. The molecule has 3 saturated carbocycles. The van der Waals surface area contributed by atoms with Crippen molar-refractivity contribution in [1.82, 2.24) is 0 Å². The van der Waals surface area contributed by atoms with Crippen LogP contribution in [0.3, 0.4) is 0 Å². The fraction of sp³-hybridized carbons (Fsp3) is 0.947. The maximum Gasteiger partial charge on any atom is 0.302 e. The van der Waals surface area contributed by atoms with Gasteiger partial charge in [0.1, 0.15) is 0 Å². The van der Waals surface area contributed by atoms with Crippen LogP contribution in [0.2, 0.25) is 0 Å². The first-order chi connectivity index (χ1) is 10.8. The standard InChI is InChI=1S/C19H32O4/c1-13(20)23-12-16-8-10-19(22)11-15(7-9-18(16,19)2)14-3-5-17(21)6-4-14/h14-17,21-22H,3-12H2,1-2H3/t14?,15-,16+,17?,18+,19-/m0/s1. The number of hydrogen-bond acceptors (Lipinski definition) is 4. The zero-order chi connectivity index (χ0) is 16.7. The average molecular weight is 324 g/mol. The van der Waals surface area contributed by atoms with Gasteiger partial charge in [0.25, 0.3) is 0 Å². The van der Waals surface area contributed by atoms with E-state index in [0.717, 1.165) is 57.8 Å². The average Bonchev–Trinajstić information content (AvgIpc) is 2.76. The molecule has 0 aromatic heterocycles. The molecule has 23 heavy (non-hydrogen) atoms. The molecule has 0 saturated heterocycles. The van der Waals surface area contributed by atoms with Crippen LogP contribution in [-0.4, -0.2) is 34.5 Å². The zero-order valence-electron chi connectivity index (χ0n) is 14.6. The second-order valence-electron chi connectivity index (χ2n) is 8.56. The lowest BCUT2D eigenvalue weighted by molar-refractivity contribution is -0.151. The first kappa shape index (κ1) is 17.2. The molecule has 3 rings (SSSR count). The highest BCUT2D eigenvalue weighted by atomic mass is 16.5. The minimum Gasteiger partial charge on any atom is -0.466 e. The fourth-order valence-corrected chi connectivity index (χ4v) is 5.65. The Bertz CT molecular complexity index is 443. The lowest BCUT2D eigenvalue weighted by Gasteiger charge is -2.51. The van der Waals surface area contributed by atoms with Crippen LogP contribution in [0.15, 0.2) is 0 Å². The third-order valence-electron chi connectivity index (χ3n) is 7.40. The van der Waals surface area contributed by atoms with Crippen molar-refractivity contribution in [3.8, 4) is 0 Å². The van der Waals surface area contributed by atoms with Gasteiger partial charge in [-0.05, 0) is 69.6 Å². The highest BCUT2D eigenvalue weighted by molar-refractivity contribution is 5.65. The largest absolute Gasteiger partial charge is 0.466 e. The minimum absolute atomic E-state index is 0.109. The van der Waals surface area contributed by atoms with Crippen LogP contribution in [-0.2, 0) is 9.53 Å². The summed E-state index contributed by atoms with van der Waals surface area (Å²) >= 11 is 0. The number of aliphatic hydroxyl groups is 2. The SMILES string of the molecule is CC(=O)OC[C@H]1CC[C@]2(O)C[C@@H](C3CCC(O)CC3)CC[C@]12C. The normalized spacial score (nSPS) is 47.1. The van der Waals surface area contributed by atoms with Gasteiger partial charge in [-0.25, -0.2) is 0 Å². The molecule has 0 spiro atoms. The van der Waals surface area contributed by atoms with Crippen LogP contribution >= 0.6 is 0 Å². The zero-order valence-corrected chi connectivity index (χ0v) is 14.6. The summed E-state index contributed by atoms with van der Waals surface area (Å²) in [7, 11) is 0. The van der Waals surface area contributed by atoms with Crippen molar-refractivity contribution in [2.75, 3.05) is 6.61 Å². The number of hydrogen-bond donors (Lipinski definition) is 2. The Labute approximate surface area is 139 Å². The van der Waals surface area contributed by atoms with Crippen LogP contribution in [0, 0.1) is 23.2 Å². The molecule has 0 bridgehead atoms. The topological polar surface area (TPSA) is 66.8 Å². The first-order valence-corrected chi connectivity index (χ1v) is 9.38. The van der Waals surface area contributed by atoms with Gasteiger partial charge in [0.2, 0.25) is 0 Å². The van der Waals surface area contributed by atoms with Crippen molar-refractivity contribution in [3.63, 3.8) is 0 Å². The van der Waals surface area contributed by atoms with Crippen LogP contribution in [0.25, 0.3) is 0 Å². The van der Waals surface area contributed by atoms with E-state index in [1.54, 1.807) is 0 Å². The number of ether oxygens (including phenoxy) is 1. The van der Waals surface area contributed by atoms with Gasteiger partial charge in [0, 0.05) is 18.3 Å². The highest BCUT2D eigenvalue weighted by Crippen LogP contribution is 2.60. The van der Waals surface area contributed by atoms with Crippen LogP contribution in [0.1, 0.15) is 71.6 Å². The van der Waals surface area contributed by atoms with Crippen LogP contribution < -0.4 is 0 Å². The molecule has 0 unspecified atom stereocenters. The molecule has 3 aliphatic rings. The molecule has 0 amide bonds. The number of esters is 1. The molecule has 0 aromatic carbocycles. The fourth-order valence-electron chi connectivity index (χ4n) is 5.65. The molecule has 3 fully saturated rings. The van der Waals surface area contributed by atoms with Crippen molar-refractivity contribution in [3.05, 3.63) is 0 Å². The predicted molar refractivity (Wildman–Crippen MR) is 87.7 cm³/mol. The summed E-state index contributed by atoms with van der Waals surface area (Å²) < 4.78 is 5.26. The Balaban J connectivity index is 1.65. The number of aliphatic hydroxyl groups excluding tert-OH is 1. The van der Waals surface area contributed by atoms with Gasteiger partial charge in [0.05, 0.1) is 18.3 Å². The second-order valence-corrected chi connectivity index (χ2v) is 8.56. The molecule has 0 aromatic rings. The van der Waals surface area contributed by atoms with Crippen molar-refractivity contribution < 1.29 is 19.7 Å². The molecule has 3 aliphatic carbocycles. The van der Waals surface area contributed by atoms with E-state index in [4.69, 9.17) is 4.74 Å². The summed E-state index contributed by atoms with van der Waals surface area (Å²) in [5.74, 6) is 1.32. The van der Waals surface area contributed by atoms with E-state index in [2.05, 4.69) is 6.92 Å². The molecule has 0 aliphatic heterocycles. The van der Waals surface area contributed by atoms with Gasteiger partial charge in [-0.1, -0.05) is 6.92 Å². The van der Waals surface area contributed by atoms with E-state index in [9.17, 15) is 15.0 Å². The first-order valence-electron chi connectivity index (χ1n) is 9.38. The molecular formula is C19H32O4. The summed E-state index contributed by atoms with van der Waals surface area (Å²) in [5.41, 5.74) is -0.718. The molecule has 2 N–H and O–H groups in total. The summed E-state index contributed by atoms with van der Waals surface area (Å²) in [6.07, 6.45) is 8.82. The number of fused-ring (bicyclic) bond motifs is 1. The lowest BCUT2D eigenvalue weighted by Crippen LogP contribution is -2.51. The molecule has 0 heterocycles. The van der Waals surface area contributed by atoms with Gasteiger partial charge in [-0.15, -0.1) is 0 Å². The van der Waals surface area contributed by atoms with Gasteiger partial charge in [0.15, 0.2) is 0 Å². The predicted octanol–water partition coefficient (Wildman–Crippen LogP) is 3.05. The molecule has 0 radical (unpaired) electrons. The number of carbonyl (C=O) groups is 1. The van der Waals surface area contributed by atoms with Gasteiger partial charge in [-0.3, -0.25) is 4.79 Å². The van der Waals surface area contributed by atoms with E-state index >= 15 is 0 Å². The number of carbonyl (C=O) groups excluding carboxylic acids is 1. The monoisotopic (exact) mass is 324 g/mol. The maximum absolute atomic E-state index is 11.4. The van der Waals surface area contributed by atoms with Crippen LogP contribution in [0.4, 0.5) is 0 Å². The molecular weight excluding hydrogens is 292 g/mol. The van der Waals surface area contributed by atoms with E-state index in [1.165, 1.54) is 6.92 Å². The van der Waals surface area contributed by atoms with Crippen LogP contribution in [0.5, 0.6) is 0 Å². The van der Waals surface area contributed by atoms with Crippen molar-refractivity contribution >= 4 is 5.97 Å².